The Morgan fingerprint density at radius 2 is 1.85 bits per heavy atom. The third-order valence-corrected chi connectivity index (χ3v) is 4.90. The van der Waals surface area contributed by atoms with E-state index >= 15 is 0 Å². The van der Waals surface area contributed by atoms with E-state index in [4.69, 9.17) is 5.73 Å². The van der Waals surface area contributed by atoms with Gasteiger partial charge in [-0.2, -0.15) is 0 Å². The van der Waals surface area contributed by atoms with E-state index in [2.05, 4.69) is 9.97 Å². The first kappa shape index (κ1) is 17.1. The second kappa shape index (κ2) is 7.15. The fourth-order valence-corrected chi connectivity index (χ4v) is 3.49. The van der Waals surface area contributed by atoms with Crippen LogP contribution < -0.4 is 5.73 Å². The quantitative estimate of drug-likeness (QED) is 0.774. The average molecular weight is 362 g/mol. The van der Waals surface area contributed by atoms with E-state index < -0.39 is 0 Å². The summed E-state index contributed by atoms with van der Waals surface area (Å²) in [5.41, 5.74) is 8.60. The van der Waals surface area contributed by atoms with Crippen LogP contribution in [0.2, 0.25) is 0 Å². The van der Waals surface area contributed by atoms with Gasteiger partial charge in [0, 0.05) is 30.8 Å². The Hall–Kier alpha value is -3.28. The summed E-state index contributed by atoms with van der Waals surface area (Å²) in [6.07, 6.45) is 2.34. The van der Waals surface area contributed by atoms with Crippen LogP contribution in [0.4, 0.5) is 10.3 Å². The van der Waals surface area contributed by atoms with E-state index in [1.54, 1.807) is 17.0 Å². The number of nitrogens with zero attached hydrogens (tertiary/aromatic N) is 3. The fourth-order valence-electron chi connectivity index (χ4n) is 3.49. The van der Waals surface area contributed by atoms with Crippen LogP contribution in [-0.4, -0.2) is 33.9 Å². The van der Waals surface area contributed by atoms with Crippen LogP contribution in [0.25, 0.3) is 11.3 Å². The molecule has 4 rings (SSSR count). The van der Waals surface area contributed by atoms with E-state index in [9.17, 15) is 9.18 Å². The number of benzene rings is 2. The average Bonchev–Trinajstić information content (AvgIpc) is 3.19. The second-order valence-corrected chi connectivity index (χ2v) is 6.64. The van der Waals surface area contributed by atoms with Crippen molar-refractivity contribution >= 4 is 11.9 Å². The normalized spacial score (nSPS) is 16.5. The van der Waals surface area contributed by atoms with E-state index in [0.29, 0.717) is 24.3 Å². The minimum atomic E-state index is -0.254. The Morgan fingerprint density at radius 1 is 1.11 bits per heavy atom. The van der Waals surface area contributed by atoms with Crippen molar-refractivity contribution in [2.45, 2.75) is 12.3 Å². The highest BCUT2D eigenvalue weighted by Gasteiger charge is 2.30. The van der Waals surface area contributed by atoms with Gasteiger partial charge in [0.25, 0.3) is 5.91 Å². The molecule has 1 aromatic heterocycles. The molecule has 27 heavy (non-hydrogen) atoms. The lowest BCUT2D eigenvalue weighted by atomic mass is 9.98. The van der Waals surface area contributed by atoms with E-state index in [1.807, 2.05) is 30.3 Å². The van der Waals surface area contributed by atoms with Crippen LogP contribution >= 0.6 is 0 Å². The molecule has 0 radical (unpaired) electrons. The van der Waals surface area contributed by atoms with Crippen molar-refractivity contribution in [2.75, 3.05) is 18.8 Å². The van der Waals surface area contributed by atoms with Gasteiger partial charge >= 0.3 is 0 Å². The van der Waals surface area contributed by atoms with Crippen molar-refractivity contribution in [3.63, 3.8) is 0 Å². The number of nitrogen functional groups attached to an aromatic ring is 1. The van der Waals surface area contributed by atoms with Crippen molar-refractivity contribution < 1.29 is 9.18 Å². The Morgan fingerprint density at radius 3 is 2.59 bits per heavy atom. The molecule has 5 nitrogen and oxygen atoms in total. The van der Waals surface area contributed by atoms with Crippen LogP contribution in [0, 0.1) is 5.82 Å². The number of carbonyl (C=O) groups excluding carboxylic acids is 1. The molecule has 1 fully saturated rings. The first-order chi connectivity index (χ1) is 13.1. The van der Waals surface area contributed by atoms with Crippen LogP contribution in [0.15, 0.2) is 60.8 Å². The molecule has 136 valence electrons. The van der Waals surface area contributed by atoms with Gasteiger partial charge in [-0.1, -0.05) is 42.5 Å². The number of nitrogens with two attached hydrogens (primary N) is 1. The van der Waals surface area contributed by atoms with Crippen molar-refractivity contribution in [1.29, 1.82) is 0 Å². The predicted molar refractivity (Wildman–Crippen MR) is 102 cm³/mol. The van der Waals surface area contributed by atoms with Crippen LogP contribution in [0.1, 0.15) is 28.3 Å². The molecule has 3 aromatic rings. The summed E-state index contributed by atoms with van der Waals surface area (Å²) in [4.78, 5) is 23.3. The predicted octanol–water partition coefficient (Wildman–Crippen LogP) is 3.49. The van der Waals surface area contributed by atoms with Gasteiger partial charge in [-0.05, 0) is 24.1 Å². The standard InChI is InChI=1S/C21H19FN4O/c22-17-8-6-14(7-9-17)16-10-11-26(13-16)20(27)18-12-24-21(23)25-19(18)15-4-2-1-3-5-15/h1-9,12,16H,10-11,13H2,(H2,23,24,25). The minimum Gasteiger partial charge on any atom is -0.368 e. The molecular formula is C21H19FN4O. The Bertz CT molecular complexity index is 960. The number of likely N-dealkylation sites (tertiary alicyclic amines) is 1. The third-order valence-electron chi connectivity index (χ3n) is 4.90. The van der Waals surface area contributed by atoms with Crippen molar-refractivity contribution in [3.05, 3.63) is 77.7 Å². The maximum absolute atomic E-state index is 13.1. The summed E-state index contributed by atoms with van der Waals surface area (Å²) in [6, 6.07) is 16.0. The number of amides is 1. The number of rotatable bonds is 3. The van der Waals surface area contributed by atoms with Crippen molar-refractivity contribution in [3.8, 4) is 11.3 Å². The molecule has 0 bridgehead atoms. The summed E-state index contributed by atoms with van der Waals surface area (Å²) < 4.78 is 13.1. The summed E-state index contributed by atoms with van der Waals surface area (Å²) in [6.45, 7) is 1.22. The van der Waals surface area contributed by atoms with Crippen molar-refractivity contribution in [1.82, 2.24) is 14.9 Å². The molecular weight excluding hydrogens is 343 g/mol. The zero-order chi connectivity index (χ0) is 18.8. The molecule has 0 spiro atoms. The largest absolute Gasteiger partial charge is 0.368 e. The molecule has 0 saturated carbocycles. The lowest BCUT2D eigenvalue weighted by Gasteiger charge is -2.18. The number of hydrogen-bond donors (Lipinski definition) is 1. The fraction of sp³-hybridized carbons (Fsp3) is 0.190. The van der Waals surface area contributed by atoms with Gasteiger partial charge in [0.1, 0.15) is 5.82 Å². The smallest absolute Gasteiger partial charge is 0.257 e. The highest BCUT2D eigenvalue weighted by molar-refractivity contribution is 6.00. The number of anilines is 1. The van der Waals surface area contributed by atoms with Gasteiger partial charge in [0.15, 0.2) is 0 Å². The maximum Gasteiger partial charge on any atom is 0.257 e. The lowest BCUT2D eigenvalue weighted by Crippen LogP contribution is -2.29. The van der Waals surface area contributed by atoms with Gasteiger partial charge < -0.3 is 10.6 Å². The maximum atomic E-state index is 13.1. The molecule has 2 aromatic carbocycles. The molecule has 1 amide bonds. The second-order valence-electron chi connectivity index (χ2n) is 6.64. The van der Waals surface area contributed by atoms with Gasteiger partial charge in [-0.3, -0.25) is 4.79 Å². The minimum absolute atomic E-state index is 0.113. The topological polar surface area (TPSA) is 72.1 Å². The van der Waals surface area contributed by atoms with Gasteiger partial charge in [-0.15, -0.1) is 0 Å². The van der Waals surface area contributed by atoms with Crippen LogP contribution in [-0.2, 0) is 0 Å². The summed E-state index contributed by atoms with van der Waals surface area (Å²) in [5, 5.41) is 0. The molecule has 1 unspecified atom stereocenters. The van der Waals surface area contributed by atoms with Gasteiger partial charge in [0.2, 0.25) is 5.95 Å². The van der Waals surface area contributed by atoms with Crippen LogP contribution in [0.5, 0.6) is 0 Å². The number of carbonyl (C=O) groups is 1. The number of aromatic nitrogens is 2. The third kappa shape index (κ3) is 3.51. The Kier molecular flexibility index (Phi) is 4.54. The summed E-state index contributed by atoms with van der Waals surface area (Å²) >= 11 is 0. The van der Waals surface area contributed by atoms with Crippen molar-refractivity contribution in [2.24, 2.45) is 0 Å². The lowest BCUT2D eigenvalue weighted by molar-refractivity contribution is 0.0791. The van der Waals surface area contributed by atoms with Crippen LogP contribution in [0.3, 0.4) is 0 Å². The molecule has 2 N–H and O–H groups in total. The first-order valence-electron chi connectivity index (χ1n) is 8.84. The number of hydrogen-bond acceptors (Lipinski definition) is 4. The Labute approximate surface area is 156 Å². The number of halogens is 1. The molecule has 1 aliphatic rings. The monoisotopic (exact) mass is 362 g/mol. The first-order valence-corrected chi connectivity index (χ1v) is 8.84. The molecule has 1 aliphatic heterocycles. The SMILES string of the molecule is Nc1ncc(C(=O)N2CCC(c3ccc(F)cc3)C2)c(-c2ccccc2)n1. The zero-order valence-electron chi connectivity index (χ0n) is 14.7. The summed E-state index contributed by atoms with van der Waals surface area (Å²) in [5.74, 6) is -0.0323. The van der Waals surface area contributed by atoms with Gasteiger partial charge in [-0.25, -0.2) is 14.4 Å². The highest BCUT2D eigenvalue weighted by Crippen LogP contribution is 2.30. The molecule has 1 saturated heterocycles. The Balaban J connectivity index is 1.60. The van der Waals surface area contributed by atoms with E-state index in [-0.39, 0.29) is 23.6 Å². The van der Waals surface area contributed by atoms with Gasteiger partial charge in [0.05, 0.1) is 11.3 Å². The summed E-state index contributed by atoms with van der Waals surface area (Å²) in [7, 11) is 0. The highest BCUT2D eigenvalue weighted by atomic mass is 19.1. The molecule has 6 heteroatoms. The van der Waals surface area contributed by atoms with E-state index in [0.717, 1.165) is 17.5 Å². The zero-order valence-corrected chi connectivity index (χ0v) is 14.7. The molecule has 2 heterocycles. The van der Waals surface area contributed by atoms with E-state index in [1.165, 1.54) is 18.3 Å². The molecule has 1 atom stereocenters. The molecule has 0 aliphatic carbocycles.